The van der Waals surface area contributed by atoms with E-state index in [4.69, 9.17) is 5.73 Å². The second kappa shape index (κ2) is 7.25. The first-order valence-electron chi connectivity index (χ1n) is 8.92. The van der Waals surface area contributed by atoms with Crippen LogP contribution in [-0.2, 0) is 17.0 Å². The Bertz CT molecular complexity index is 1180. The Morgan fingerprint density at radius 1 is 1.10 bits per heavy atom. The summed E-state index contributed by atoms with van der Waals surface area (Å²) in [4.78, 5) is 26.5. The highest BCUT2D eigenvalue weighted by Gasteiger charge is 2.49. The number of benzene rings is 1. The van der Waals surface area contributed by atoms with Crippen molar-refractivity contribution < 1.29 is 18.0 Å². The number of hydrogen-bond acceptors (Lipinski definition) is 5. The molecule has 6 nitrogen and oxygen atoms in total. The van der Waals surface area contributed by atoms with Crippen molar-refractivity contribution in [3.8, 4) is 11.1 Å². The van der Waals surface area contributed by atoms with E-state index in [1.54, 1.807) is 0 Å². The molecule has 1 atom stereocenters. The van der Waals surface area contributed by atoms with Gasteiger partial charge in [0.05, 0.1) is 11.9 Å². The van der Waals surface area contributed by atoms with Crippen LogP contribution in [0.25, 0.3) is 11.1 Å². The quantitative estimate of drug-likeness (QED) is 0.716. The lowest BCUT2D eigenvalue weighted by Crippen LogP contribution is -2.41. The zero-order valence-corrected chi connectivity index (χ0v) is 15.8. The molecule has 1 aromatic carbocycles. The van der Waals surface area contributed by atoms with Crippen LogP contribution in [0.5, 0.6) is 0 Å². The van der Waals surface area contributed by atoms with Crippen LogP contribution in [0, 0.1) is 11.6 Å². The van der Waals surface area contributed by atoms with Gasteiger partial charge in [-0.3, -0.25) is 19.7 Å². The molecule has 9 heteroatoms. The number of nitrogens with zero attached hydrogens (tertiary/aromatic N) is 4. The number of carbonyl (C=O) groups is 1. The minimum Gasteiger partial charge on any atom is -0.369 e. The van der Waals surface area contributed by atoms with Gasteiger partial charge in [0.25, 0.3) is 5.91 Å². The first-order valence-corrected chi connectivity index (χ1v) is 8.92. The molecule has 3 heterocycles. The molecule has 0 bridgehead atoms. The van der Waals surface area contributed by atoms with Crippen LogP contribution < -0.4 is 5.73 Å². The summed E-state index contributed by atoms with van der Waals surface area (Å²) in [5, 5.41) is 0. The third kappa shape index (κ3) is 2.99. The van der Waals surface area contributed by atoms with E-state index >= 15 is 0 Å². The summed E-state index contributed by atoms with van der Waals surface area (Å²) in [5.74, 6) is -1.80. The van der Waals surface area contributed by atoms with E-state index in [0.29, 0.717) is 5.56 Å². The summed E-state index contributed by atoms with van der Waals surface area (Å²) in [6.45, 7) is -0.837. The maximum absolute atomic E-state index is 14.6. The first-order chi connectivity index (χ1) is 14.4. The Labute approximate surface area is 169 Å². The molecular weight excluding hydrogens is 395 g/mol. The van der Waals surface area contributed by atoms with Gasteiger partial charge >= 0.3 is 0 Å². The van der Waals surface area contributed by atoms with Crippen molar-refractivity contribution in [2.24, 2.45) is 10.7 Å². The molecule has 30 heavy (non-hydrogen) atoms. The number of aliphatic imine (C=N–C) groups is 1. The van der Waals surface area contributed by atoms with Crippen molar-refractivity contribution in [3.63, 3.8) is 0 Å². The summed E-state index contributed by atoms with van der Waals surface area (Å²) < 4.78 is 41.5. The fraction of sp³-hybridized carbons (Fsp3) is 0.143. The number of hydrogen-bond donors (Lipinski definition) is 1. The SMILES string of the molecule is CN1C(=O)C(c2ccnc(CF)c2)(c2ccc(F)c(-c3cncc(F)c3)c2)N=C1N. The van der Waals surface area contributed by atoms with Crippen molar-refractivity contribution in [1.29, 1.82) is 0 Å². The third-order valence-electron chi connectivity index (χ3n) is 5.01. The number of alkyl halides is 1. The molecule has 4 rings (SSSR count). The average molecular weight is 411 g/mol. The fourth-order valence-electron chi connectivity index (χ4n) is 3.49. The number of amides is 1. The molecule has 0 saturated heterocycles. The van der Waals surface area contributed by atoms with Crippen LogP contribution in [-0.4, -0.2) is 33.8 Å². The fourth-order valence-corrected chi connectivity index (χ4v) is 3.49. The van der Waals surface area contributed by atoms with E-state index in [2.05, 4.69) is 15.0 Å². The van der Waals surface area contributed by atoms with E-state index in [1.807, 2.05) is 0 Å². The molecular formula is C21H16F3N5O. The van der Waals surface area contributed by atoms with E-state index < -0.39 is 29.8 Å². The lowest BCUT2D eigenvalue weighted by atomic mass is 9.81. The van der Waals surface area contributed by atoms with Gasteiger partial charge in [-0.05, 0) is 41.5 Å². The van der Waals surface area contributed by atoms with Crippen LogP contribution in [0.3, 0.4) is 0 Å². The number of halogens is 3. The van der Waals surface area contributed by atoms with Crippen molar-refractivity contribution in [1.82, 2.24) is 14.9 Å². The lowest BCUT2D eigenvalue weighted by Gasteiger charge is -2.27. The molecule has 1 unspecified atom stereocenters. The van der Waals surface area contributed by atoms with E-state index in [0.717, 1.165) is 18.3 Å². The van der Waals surface area contributed by atoms with Gasteiger partial charge in [0.1, 0.15) is 18.3 Å². The molecule has 2 N–H and O–H groups in total. The predicted octanol–water partition coefficient (Wildman–Crippen LogP) is 2.92. The molecule has 0 saturated carbocycles. The second-order valence-electron chi connectivity index (χ2n) is 6.80. The number of rotatable bonds is 4. The highest BCUT2D eigenvalue weighted by Crippen LogP contribution is 2.41. The Kier molecular flexibility index (Phi) is 4.73. The van der Waals surface area contributed by atoms with Gasteiger partial charge in [-0.15, -0.1) is 0 Å². The molecule has 1 aliphatic heterocycles. The van der Waals surface area contributed by atoms with E-state index in [-0.39, 0.29) is 28.3 Å². The van der Waals surface area contributed by atoms with Gasteiger partial charge in [-0.25, -0.2) is 18.2 Å². The summed E-state index contributed by atoms with van der Waals surface area (Å²) in [6, 6.07) is 8.03. The largest absolute Gasteiger partial charge is 0.369 e. The topological polar surface area (TPSA) is 84.5 Å². The van der Waals surface area contributed by atoms with Crippen LogP contribution >= 0.6 is 0 Å². The van der Waals surface area contributed by atoms with Gasteiger partial charge in [-0.1, -0.05) is 6.07 Å². The molecule has 0 aliphatic carbocycles. The minimum absolute atomic E-state index is 0.0368. The van der Waals surface area contributed by atoms with Crippen LogP contribution in [0.15, 0.2) is 60.0 Å². The standard InChI is InChI=1S/C21H16F3N5O/c1-29-19(30)21(28-20(29)25,14-4-5-27-16(7-14)9-22)13-2-3-18(24)17(8-13)12-6-15(23)11-26-10-12/h2-8,10-11H,9H2,1H3,(H2,25,28). The molecule has 3 aromatic rings. The Morgan fingerprint density at radius 2 is 1.87 bits per heavy atom. The Morgan fingerprint density at radius 3 is 2.53 bits per heavy atom. The minimum atomic E-state index is -1.66. The number of pyridine rings is 2. The smallest absolute Gasteiger partial charge is 0.266 e. The van der Waals surface area contributed by atoms with E-state index in [1.165, 1.54) is 48.6 Å². The van der Waals surface area contributed by atoms with Crippen molar-refractivity contribution in [2.75, 3.05) is 7.05 Å². The molecule has 0 spiro atoms. The summed E-state index contributed by atoms with van der Waals surface area (Å²) in [7, 11) is 1.46. The zero-order valence-electron chi connectivity index (χ0n) is 15.8. The summed E-state index contributed by atoms with van der Waals surface area (Å²) in [6.07, 6.45) is 3.68. The molecule has 0 radical (unpaired) electrons. The zero-order chi connectivity index (χ0) is 21.5. The molecule has 2 aromatic heterocycles. The third-order valence-corrected chi connectivity index (χ3v) is 5.01. The van der Waals surface area contributed by atoms with Gasteiger partial charge in [0.15, 0.2) is 11.5 Å². The normalized spacial score (nSPS) is 18.6. The summed E-state index contributed by atoms with van der Waals surface area (Å²) >= 11 is 0. The van der Waals surface area contributed by atoms with Crippen molar-refractivity contribution >= 4 is 11.9 Å². The highest BCUT2D eigenvalue weighted by molar-refractivity contribution is 6.09. The Hall–Kier alpha value is -3.75. The van der Waals surface area contributed by atoms with Crippen LogP contribution in [0.4, 0.5) is 13.2 Å². The highest BCUT2D eigenvalue weighted by atomic mass is 19.1. The maximum atomic E-state index is 14.6. The van der Waals surface area contributed by atoms with Crippen LogP contribution in [0.2, 0.25) is 0 Å². The maximum Gasteiger partial charge on any atom is 0.266 e. The van der Waals surface area contributed by atoms with E-state index in [9.17, 15) is 18.0 Å². The molecule has 0 fully saturated rings. The summed E-state index contributed by atoms with van der Waals surface area (Å²) in [5.41, 5.74) is 5.22. The van der Waals surface area contributed by atoms with Gasteiger partial charge in [0, 0.05) is 30.6 Å². The molecule has 1 amide bonds. The van der Waals surface area contributed by atoms with Crippen LogP contribution in [0.1, 0.15) is 16.8 Å². The number of nitrogens with two attached hydrogens (primary N) is 1. The number of guanidine groups is 1. The Balaban J connectivity index is 1.98. The average Bonchev–Trinajstić information content (AvgIpc) is 2.99. The second-order valence-corrected chi connectivity index (χ2v) is 6.80. The lowest BCUT2D eigenvalue weighted by molar-refractivity contribution is -0.129. The number of carbonyl (C=O) groups excluding carboxylic acids is 1. The first kappa shape index (κ1) is 19.6. The van der Waals surface area contributed by atoms with Gasteiger partial charge in [0.2, 0.25) is 0 Å². The van der Waals surface area contributed by atoms with Crippen molar-refractivity contribution in [3.05, 3.63) is 83.4 Å². The monoisotopic (exact) mass is 411 g/mol. The molecule has 1 aliphatic rings. The number of likely N-dealkylation sites (N-methyl/N-ethyl adjacent to an activating group) is 1. The molecule has 152 valence electrons. The van der Waals surface area contributed by atoms with Gasteiger partial charge in [-0.2, -0.15) is 0 Å². The predicted molar refractivity (Wildman–Crippen MR) is 104 cm³/mol. The van der Waals surface area contributed by atoms with Crippen molar-refractivity contribution in [2.45, 2.75) is 12.2 Å². The van der Waals surface area contributed by atoms with Gasteiger partial charge < -0.3 is 5.73 Å². The number of aromatic nitrogens is 2.